The van der Waals surface area contributed by atoms with Crippen LogP contribution >= 0.6 is 43.5 Å². The monoisotopic (exact) mass is 631 g/mol. The average Bonchev–Trinajstić information content (AvgIpc) is 2.85. The van der Waals surface area contributed by atoms with E-state index in [4.69, 9.17) is 21.1 Å². The molecule has 0 aliphatic carbocycles. The summed E-state index contributed by atoms with van der Waals surface area (Å²) in [5.74, 6) is 1.77. The molecule has 4 rings (SSSR count). The molecular formula is C27H24Br2ClN3O3. The van der Waals surface area contributed by atoms with Gasteiger partial charge < -0.3 is 9.47 Å². The summed E-state index contributed by atoms with van der Waals surface area (Å²) >= 11 is 13.0. The maximum atomic E-state index is 13.3. The van der Waals surface area contributed by atoms with E-state index in [1.54, 1.807) is 12.3 Å². The first-order valence-corrected chi connectivity index (χ1v) is 13.4. The van der Waals surface area contributed by atoms with Crippen LogP contribution in [0.4, 0.5) is 0 Å². The molecule has 0 fully saturated rings. The fourth-order valence-corrected chi connectivity index (χ4v) is 4.69. The number of aromatic nitrogens is 2. The number of benzene rings is 3. The molecule has 0 N–H and O–H groups in total. The predicted molar refractivity (Wildman–Crippen MR) is 152 cm³/mol. The molecule has 6 nitrogen and oxygen atoms in total. The predicted octanol–water partition coefficient (Wildman–Crippen LogP) is 7.39. The lowest BCUT2D eigenvalue weighted by Gasteiger charge is -2.15. The Morgan fingerprint density at radius 2 is 1.83 bits per heavy atom. The van der Waals surface area contributed by atoms with Gasteiger partial charge >= 0.3 is 0 Å². The SMILES string of the molecule is CCCc1nc2ccc(Br)cc2c(=O)n1N=Cc1cc(Br)c(OCc2ccc(Cl)cc2)c(OCC)c1. The molecule has 0 saturated heterocycles. The molecule has 1 heterocycles. The van der Waals surface area contributed by atoms with Crippen LogP contribution < -0.4 is 15.0 Å². The van der Waals surface area contributed by atoms with Gasteiger partial charge in [-0.15, -0.1) is 0 Å². The van der Waals surface area contributed by atoms with Gasteiger partial charge in [-0.05, 0) is 82.9 Å². The normalized spacial score (nSPS) is 11.4. The quantitative estimate of drug-likeness (QED) is 0.180. The second-order valence-electron chi connectivity index (χ2n) is 7.98. The van der Waals surface area contributed by atoms with Gasteiger partial charge in [0.15, 0.2) is 11.5 Å². The molecule has 1 aromatic heterocycles. The zero-order valence-electron chi connectivity index (χ0n) is 19.8. The van der Waals surface area contributed by atoms with E-state index in [0.717, 1.165) is 22.0 Å². The smallest absolute Gasteiger partial charge is 0.282 e. The lowest BCUT2D eigenvalue weighted by molar-refractivity contribution is 0.267. The Morgan fingerprint density at radius 3 is 2.56 bits per heavy atom. The number of halogens is 3. The van der Waals surface area contributed by atoms with Crippen LogP contribution in [0.5, 0.6) is 11.5 Å². The minimum atomic E-state index is -0.215. The van der Waals surface area contributed by atoms with Crippen LogP contribution in [0.2, 0.25) is 5.02 Å². The van der Waals surface area contributed by atoms with Crippen LogP contribution in [-0.2, 0) is 13.0 Å². The number of fused-ring (bicyclic) bond motifs is 1. The van der Waals surface area contributed by atoms with Crippen molar-refractivity contribution in [3.8, 4) is 11.5 Å². The Bertz CT molecular complexity index is 1470. The van der Waals surface area contributed by atoms with Gasteiger partial charge in [0.05, 0.1) is 28.2 Å². The summed E-state index contributed by atoms with van der Waals surface area (Å²) in [6.07, 6.45) is 3.09. The Morgan fingerprint density at radius 1 is 1.06 bits per heavy atom. The molecule has 0 radical (unpaired) electrons. The first-order valence-electron chi connectivity index (χ1n) is 11.5. The van der Waals surface area contributed by atoms with Crippen LogP contribution in [0.25, 0.3) is 10.9 Å². The zero-order valence-corrected chi connectivity index (χ0v) is 23.7. The van der Waals surface area contributed by atoms with Gasteiger partial charge in [0.25, 0.3) is 5.56 Å². The number of hydrogen-bond donors (Lipinski definition) is 0. The number of hydrogen-bond acceptors (Lipinski definition) is 5. The van der Waals surface area contributed by atoms with E-state index in [-0.39, 0.29) is 5.56 Å². The topological polar surface area (TPSA) is 65.7 Å². The first-order chi connectivity index (χ1) is 17.4. The van der Waals surface area contributed by atoms with Crippen molar-refractivity contribution < 1.29 is 9.47 Å². The third-order valence-corrected chi connectivity index (χ3v) is 6.63. The second kappa shape index (κ2) is 12.0. The highest BCUT2D eigenvalue weighted by atomic mass is 79.9. The minimum Gasteiger partial charge on any atom is -0.490 e. The van der Waals surface area contributed by atoms with Gasteiger partial charge in [-0.1, -0.05) is 46.6 Å². The van der Waals surface area contributed by atoms with E-state index in [1.165, 1.54) is 4.68 Å². The minimum absolute atomic E-state index is 0.215. The number of aryl methyl sites for hydroxylation is 1. The van der Waals surface area contributed by atoms with Crippen molar-refractivity contribution >= 4 is 60.6 Å². The van der Waals surface area contributed by atoms with Gasteiger partial charge in [0.2, 0.25) is 0 Å². The largest absolute Gasteiger partial charge is 0.490 e. The molecule has 9 heteroatoms. The molecule has 0 aliphatic rings. The standard InChI is InChI=1S/C27H24Br2ClN3O3/c1-3-5-25-32-23-11-8-19(28)14-21(23)27(34)33(25)31-15-18-12-22(29)26(24(13-18)35-4-2)36-16-17-6-9-20(30)10-7-17/h6-15H,3-5,16H2,1-2H3. The highest BCUT2D eigenvalue weighted by molar-refractivity contribution is 9.10. The lowest BCUT2D eigenvalue weighted by Crippen LogP contribution is -2.22. The van der Waals surface area contributed by atoms with Crippen molar-refractivity contribution in [2.24, 2.45) is 5.10 Å². The Hall–Kier alpha value is -2.68. The maximum absolute atomic E-state index is 13.3. The van der Waals surface area contributed by atoms with E-state index in [9.17, 15) is 4.79 Å². The summed E-state index contributed by atoms with van der Waals surface area (Å²) in [6.45, 7) is 4.78. The third kappa shape index (κ3) is 6.17. The molecule has 0 bridgehead atoms. The van der Waals surface area contributed by atoms with Crippen molar-refractivity contribution in [3.05, 3.63) is 95.9 Å². The van der Waals surface area contributed by atoms with Gasteiger partial charge in [-0.2, -0.15) is 9.78 Å². The van der Waals surface area contributed by atoms with E-state index >= 15 is 0 Å². The molecule has 0 atom stereocenters. The Kier molecular flexibility index (Phi) is 8.82. The maximum Gasteiger partial charge on any atom is 0.282 e. The van der Waals surface area contributed by atoms with Crippen molar-refractivity contribution in [2.45, 2.75) is 33.3 Å². The second-order valence-corrected chi connectivity index (χ2v) is 10.2. The molecule has 36 heavy (non-hydrogen) atoms. The lowest BCUT2D eigenvalue weighted by atomic mass is 10.2. The molecular weight excluding hydrogens is 610 g/mol. The molecule has 0 amide bonds. The van der Waals surface area contributed by atoms with E-state index in [0.29, 0.717) is 57.4 Å². The summed E-state index contributed by atoms with van der Waals surface area (Å²) in [5.41, 5.74) is 2.17. The van der Waals surface area contributed by atoms with E-state index in [2.05, 4.69) is 41.9 Å². The summed E-state index contributed by atoms with van der Waals surface area (Å²) in [7, 11) is 0. The van der Waals surface area contributed by atoms with Crippen LogP contribution in [-0.4, -0.2) is 22.5 Å². The fourth-order valence-electron chi connectivity index (χ4n) is 3.63. The zero-order chi connectivity index (χ0) is 25.7. The van der Waals surface area contributed by atoms with Crippen LogP contribution in [0.15, 0.2) is 73.4 Å². The van der Waals surface area contributed by atoms with Crippen molar-refractivity contribution in [3.63, 3.8) is 0 Å². The molecule has 0 unspecified atom stereocenters. The molecule has 0 aliphatic heterocycles. The molecule has 3 aromatic carbocycles. The number of ether oxygens (including phenoxy) is 2. The van der Waals surface area contributed by atoms with Gasteiger partial charge in [0, 0.05) is 15.9 Å². The van der Waals surface area contributed by atoms with Crippen LogP contribution in [0, 0.1) is 0 Å². The highest BCUT2D eigenvalue weighted by Gasteiger charge is 2.14. The molecule has 4 aromatic rings. The summed E-state index contributed by atoms with van der Waals surface area (Å²) in [6, 6.07) is 16.7. The molecule has 0 saturated carbocycles. The van der Waals surface area contributed by atoms with Crippen molar-refractivity contribution in [2.75, 3.05) is 6.61 Å². The number of nitrogens with zero attached hydrogens (tertiary/aromatic N) is 3. The average molecular weight is 634 g/mol. The molecule has 186 valence electrons. The van der Waals surface area contributed by atoms with Crippen LogP contribution in [0.1, 0.15) is 37.2 Å². The number of rotatable bonds is 9. The summed E-state index contributed by atoms with van der Waals surface area (Å²) in [5, 5.41) is 5.70. The van der Waals surface area contributed by atoms with Gasteiger partial charge in [0.1, 0.15) is 12.4 Å². The van der Waals surface area contributed by atoms with Gasteiger partial charge in [-0.3, -0.25) is 4.79 Å². The van der Waals surface area contributed by atoms with Gasteiger partial charge in [-0.25, -0.2) is 4.98 Å². The Balaban J connectivity index is 1.68. The third-order valence-electron chi connectivity index (χ3n) is 5.30. The summed E-state index contributed by atoms with van der Waals surface area (Å²) < 4.78 is 14.8. The first kappa shape index (κ1) is 26.4. The van der Waals surface area contributed by atoms with E-state index < -0.39 is 0 Å². The van der Waals surface area contributed by atoms with E-state index in [1.807, 2.05) is 62.4 Å². The highest BCUT2D eigenvalue weighted by Crippen LogP contribution is 2.37. The molecule has 0 spiro atoms. The Labute approximate surface area is 231 Å². The van der Waals surface area contributed by atoms with Crippen molar-refractivity contribution in [1.29, 1.82) is 0 Å². The van der Waals surface area contributed by atoms with Crippen LogP contribution in [0.3, 0.4) is 0 Å². The van der Waals surface area contributed by atoms with Crippen molar-refractivity contribution in [1.82, 2.24) is 9.66 Å². The summed E-state index contributed by atoms with van der Waals surface area (Å²) in [4.78, 5) is 17.9. The fraction of sp³-hybridized carbons (Fsp3) is 0.222.